The van der Waals surface area contributed by atoms with Crippen molar-refractivity contribution in [1.82, 2.24) is 25.3 Å². The van der Waals surface area contributed by atoms with Crippen molar-refractivity contribution in [3.63, 3.8) is 0 Å². The van der Waals surface area contributed by atoms with E-state index in [0.717, 1.165) is 23.2 Å². The van der Waals surface area contributed by atoms with Crippen LogP contribution in [0.2, 0.25) is 0 Å². The van der Waals surface area contributed by atoms with Crippen LogP contribution in [0.3, 0.4) is 0 Å². The molecule has 1 saturated carbocycles. The number of aromatic amines is 2. The van der Waals surface area contributed by atoms with Crippen LogP contribution in [0, 0.1) is 19.8 Å². The zero-order valence-corrected chi connectivity index (χ0v) is 18.4. The first-order chi connectivity index (χ1) is 16.1. The van der Waals surface area contributed by atoms with E-state index < -0.39 is 18.2 Å². The number of nitrogens with zero attached hydrogens (tertiary/aromatic N) is 3. The average molecular weight is 442 g/mol. The van der Waals surface area contributed by atoms with Crippen molar-refractivity contribution >= 4 is 11.0 Å². The maximum Gasteiger partial charge on any atom is 0.248 e. The van der Waals surface area contributed by atoms with Gasteiger partial charge in [0.1, 0.15) is 5.76 Å². The van der Waals surface area contributed by atoms with Gasteiger partial charge < -0.3 is 9.51 Å². The second kappa shape index (κ2) is 7.83. The van der Waals surface area contributed by atoms with E-state index in [2.05, 4.69) is 20.3 Å². The Morgan fingerprint density at radius 2 is 1.97 bits per heavy atom. The Balaban J connectivity index is 1.74. The van der Waals surface area contributed by atoms with Crippen molar-refractivity contribution in [3.8, 4) is 22.3 Å². The van der Waals surface area contributed by atoms with Gasteiger partial charge in [-0.15, -0.1) is 0 Å². The summed E-state index contributed by atoms with van der Waals surface area (Å²) in [6, 6.07) is 0. The fraction of sp³-hybridized carbons (Fsp3) is 0.458. The molecule has 4 heterocycles. The summed E-state index contributed by atoms with van der Waals surface area (Å²) in [6.07, 6.45) is 3.69. The van der Waals surface area contributed by atoms with Crippen LogP contribution in [-0.2, 0) is 12.8 Å². The molecule has 0 amide bonds. The monoisotopic (exact) mass is 441 g/mol. The molecule has 0 saturated heterocycles. The number of alkyl halides is 2. The summed E-state index contributed by atoms with van der Waals surface area (Å²) < 4.78 is 51.6. The maximum absolute atomic E-state index is 13.9. The lowest BCUT2D eigenvalue weighted by Gasteiger charge is -2.28. The minimum absolute atomic E-state index is 0.111. The van der Waals surface area contributed by atoms with Crippen molar-refractivity contribution in [1.29, 1.82) is 0 Å². The van der Waals surface area contributed by atoms with Crippen molar-refractivity contribution in [2.24, 2.45) is 5.92 Å². The summed E-state index contributed by atoms with van der Waals surface area (Å²) in [6.45, 7) is 5.60. The zero-order valence-electron chi connectivity index (χ0n) is 20.4. The lowest BCUT2D eigenvalue weighted by atomic mass is 9.81. The molecule has 0 radical (unpaired) electrons. The number of rotatable bonds is 5. The first kappa shape index (κ1) is 18.5. The van der Waals surface area contributed by atoms with Crippen LogP contribution in [0.4, 0.5) is 8.78 Å². The topological polar surface area (TPSA) is 83.4 Å². The molecule has 6 nitrogen and oxygen atoms in total. The molecule has 32 heavy (non-hydrogen) atoms. The molecule has 0 atom stereocenters. The maximum atomic E-state index is 13.9. The highest BCUT2D eigenvalue weighted by Crippen LogP contribution is 2.42. The van der Waals surface area contributed by atoms with Gasteiger partial charge in [-0.1, -0.05) is 12.1 Å². The molecule has 1 aliphatic rings. The number of aryl methyl sites for hydroxylation is 3. The molecule has 0 bridgehead atoms. The molecular weight excluding hydrogens is 412 g/mol. The van der Waals surface area contributed by atoms with Gasteiger partial charge in [-0.25, -0.2) is 8.78 Å². The summed E-state index contributed by atoms with van der Waals surface area (Å²) in [4.78, 5) is 7.98. The highest BCUT2D eigenvalue weighted by Gasteiger charge is 2.35. The van der Waals surface area contributed by atoms with Gasteiger partial charge in [0, 0.05) is 55.9 Å². The number of hydrogen-bond acceptors (Lipinski definition) is 4. The molecule has 2 N–H and O–H groups in total. The molecule has 1 fully saturated rings. The van der Waals surface area contributed by atoms with E-state index in [-0.39, 0.29) is 25.7 Å². The molecule has 8 heteroatoms. The van der Waals surface area contributed by atoms with Crippen molar-refractivity contribution in [2.75, 3.05) is 0 Å². The number of halogens is 2. The summed E-state index contributed by atoms with van der Waals surface area (Å²) in [7, 11) is 0. The number of pyridine rings is 1. The van der Waals surface area contributed by atoms with Crippen LogP contribution < -0.4 is 0 Å². The Kier molecular flexibility index (Phi) is 4.54. The molecule has 168 valence electrons. The normalized spacial score (nSPS) is 18.2. The minimum Gasteiger partial charge on any atom is -0.361 e. The highest BCUT2D eigenvalue weighted by molar-refractivity contribution is 5.97. The molecule has 0 unspecified atom stereocenters. The van der Waals surface area contributed by atoms with Crippen LogP contribution in [0.1, 0.15) is 58.1 Å². The van der Waals surface area contributed by atoms with E-state index in [0.29, 0.717) is 39.2 Å². The average Bonchev–Trinajstić information content (AvgIpc) is 3.50. The van der Waals surface area contributed by atoms with Gasteiger partial charge in [0.2, 0.25) is 5.92 Å². The molecule has 0 spiro atoms. The quantitative estimate of drug-likeness (QED) is 0.389. The van der Waals surface area contributed by atoms with Gasteiger partial charge in [-0.2, -0.15) is 5.10 Å². The van der Waals surface area contributed by atoms with Crippen molar-refractivity contribution in [3.05, 3.63) is 41.3 Å². The van der Waals surface area contributed by atoms with Gasteiger partial charge in [0.25, 0.3) is 0 Å². The second-order valence-corrected chi connectivity index (χ2v) is 8.56. The first-order valence-electron chi connectivity index (χ1n) is 12.0. The van der Waals surface area contributed by atoms with Crippen LogP contribution in [-0.4, -0.2) is 31.2 Å². The third-order valence-corrected chi connectivity index (χ3v) is 6.43. The van der Waals surface area contributed by atoms with E-state index >= 15 is 0 Å². The van der Waals surface area contributed by atoms with Crippen LogP contribution in [0.15, 0.2) is 23.1 Å². The highest BCUT2D eigenvalue weighted by atomic mass is 19.3. The molecule has 1 aliphatic carbocycles. The zero-order chi connectivity index (χ0) is 24.3. The predicted molar refractivity (Wildman–Crippen MR) is 119 cm³/mol. The number of hydrogen-bond donors (Lipinski definition) is 2. The molecular formula is C24H27F2N5O. The van der Waals surface area contributed by atoms with Crippen LogP contribution in [0.5, 0.6) is 0 Å². The lowest BCUT2D eigenvalue weighted by Crippen LogP contribution is -2.25. The van der Waals surface area contributed by atoms with Gasteiger partial charge in [0.05, 0.1) is 22.9 Å². The summed E-state index contributed by atoms with van der Waals surface area (Å²) in [5.74, 6) is -2.73. The molecule has 4 aromatic heterocycles. The van der Waals surface area contributed by atoms with E-state index in [1.165, 1.54) is 0 Å². The SMILES string of the molecule is [2H]C([2H])(c1c(-c2c(C)noc2C)cnc2c(-c3cn[nH]c3CC)c[nH]c12)C1CCC(F)(F)CC1. The Morgan fingerprint density at radius 3 is 2.66 bits per heavy atom. The van der Waals surface area contributed by atoms with Gasteiger partial charge in [0.15, 0.2) is 0 Å². The minimum atomic E-state index is -2.73. The number of fused-ring (bicyclic) bond motifs is 1. The van der Waals surface area contributed by atoms with Gasteiger partial charge in [-0.3, -0.25) is 10.1 Å². The van der Waals surface area contributed by atoms with E-state index in [1.807, 2.05) is 13.1 Å². The molecule has 0 aliphatic heterocycles. The van der Waals surface area contributed by atoms with E-state index in [1.54, 1.807) is 26.2 Å². The summed E-state index contributed by atoms with van der Waals surface area (Å²) in [5.41, 5.74) is 6.13. The smallest absolute Gasteiger partial charge is 0.248 e. The standard InChI is InChI=1S/C24H27F2N5O/c1-4-20-17(12-29-30-20)19-11-28-22-16(9-15-5-7-24(25,26)8-6-15)18(10-27-23(19)22)21-13(2)31-32-14(21)3/h10-12,15,28H,4-9H2,1-3H3,(H,29,30)/i9D2. The largest absolute Gasteiger partial charge is 0.361 e. The number of aromatic nitrogens is 5. The Labute approximate surface area is 187 Å². The van der Waals surface area contributed by atoms with E-state index in [4.69, 9.17) is 9.51 Å². The van der Waals surface area contributed by atoms with Crippen LogP contribution in [0.25, 0.3) is 33.3 Å². The fourth-order valence-electron chi connectivity index (χ4n) is 4.68. The summed E-state index contributed by atoms with van der Waals surface area (Å²) in [5, 5.41) is 11.2. The van der Waals surface area contributed by atoms with Crippen LogP contribution >= 0.6 is 0 Å². The van der Waals surface area contributed by atoms with Gasteiger partial charge in [-0.05, 0) is 51.0 Å². The van der Waals surface area contributed by atoms with Crippen molar-refractivity contribution in [2.45, 2.75) is 65.2 Å². The molecule has 0 aromatic carbocycles. The Morgan fingerprint density at radius 1 is 1.19 bits per heavy atom. The Bertz CT molecular complexity index is 1330. The number of nitrogens with one attached hydrogen (secondary N) is 2. The predicted octanol–water partition coefficient (Wildman–Crippen LogP) is 6.16. The fourth-order valence-corrected chi connectivity index (χ4v) is 4.68. The third-order valence-electron chi connectivity index (χ3n) is 6.43. The third kappa shape index (κ3) is 3.51. The molecule has 5 rings (SSSR count). The van der Waals surface area contributed by atoms with E-state index in [9.17, 15) is 11.5 Å². The van der Waals surface area contributed by atoms with Gasteiger partial charge >= 0.3 is 0 Å². The molecule has 4 aromatic rings. The number of H-pyrrole nitrogens is 2. The summed E-state index contributed by atoms with van der Waals surface area (Å²) >= 11 is 0. The van der Waals surface area contributed by atoms with Crippen molar-refractivity contribution < 1.29 is 16.0 Å². The first-order valence-corrected chi connectivity index (χ1v) is 11.0. The second-order valence-electron chi connectivity index (χ2n) is 8.56. The lowest BCUT2D eigenvalue weighted by molar-refractivity contribution is -0.0456. The Hall–Kier alpha value is -3.03.